The van der Waals surface area contributed by atoms with Gasteiger partial charge < -0.3 is 0 Å². The molecule has 0 saturated heterocycles. The molecular weight excluding hydrogens is 384 g/mol. The van der Waals surface area contributed by atoms with E-state index >= 15 is 0 Å². The van der Waals surface area contributed by atoms with E-state index in [1.807, 2.05) is 22.6 Å². The number of halogens is 4. The van der Waals surface area contributed by atoms with Crippen LogP contribution in [0.2, 0.25) is 0 Å². The van der Waals surface area contributed by atoms with Gasteiger partial charge >= 0.3 is 6.18 Å². The van der Waals surface area contributed by atoms with Crippen LogP contribution in [0.5, 0.6) is 0 Å². The first-order valence-corrected chi connectivity index (χ1v) is 7.45. The molecule has 1 N–H and O–H groups in total. The summed E-state index contributed by atoms with van der Waals surface area (Å²) in [5, 5.41) is 0. The summed E-state index contributed by atoms with van der Waals surface area (Å²) in [6.45, 7) is 0. The maximum atomic E-state index is 12.7. The second-order valence-electron chi connectivity index (χ2n) is 4.00. The average molecular weight is 392 g/mol. The van der Waals surface area contributed by atoms with Gasteiger partial charge in [0, 0.05) is 6.20 Å². The zero-order valence-corrected chi connectivity index (χ0v) is 11.8. The van der Waals surface area contributed by atoms with E-state index in [0.29, 0.717) is 3.70 Å². The zero-order valence-electron chi connectivity index (χ0n) is 8.83. The zero-order chi connectivity index (χ0) is 13.6. The minimum absolute atomic E-state index is 0.229. The fourth-order valence-electron chi connectivity index (χ4n) is 1.41. The van der Waals surface area contributed by atoms with Crippen LogP contribution in [0.1, 0.15) is 12.8 Å². The van der Waals surface area contributed by atoms with E-state index in [0.717, 1.165) is 6.20 Å². The number of hydrogen-bond donors (Lipinski definition) is 1. The van der Waals surface area contributed by atoms with Gasteiger partial charge in [0.05, 0.1) is 0 Å². The SMILES string of the molecule is O=S(=O)(NC1(C(F)(F)F)CC1)c1ccc(I)nc1. The summed E-state index contributed by atoms with van der Waals surface area (Å²) in [4.78, 5) is 3.48. The third-order valence-electron chi connectivity index (χ3n) is 2.63. The van der Waals surface area contributed by atoms with Gasteiger partial charge in [0.25, 0.3) is 0 Å². The quantitative estimate of drug-likeness (QED) is 0.633. The van der Waals surface area contributed by atoms with Gasteiger partial charge in [-0.2, -0.15) is 17.9 Å². The molecule has 9 heteroatoms. The van der Waals surface area contributed by atoms with Crippen molar-refractivity contribution in [2.45, 2.75) is 29.5 Å². The molecule has 1 saturated carbocycles. The Kier molecular flexibility index (Phi) is 3.35. The normalized spacial score (nSPS) is 18.7. The minimum Gasteiger partial charge on any atom is -0.249 e. The van der Waals surface area contributed by atoms with Crippen molar-refractivity contribution in [1.82, 2.24) is 9.71 Å². The van der Waals surface area contributed by atoms with Crippen LogP contribution in [0.25, 0.3) is 0 Å². The summed E-state index contributed by atoms with van der Waals surface area (Å²) in [5.74, 6) is 0. The third kappa shape index (κ3) is 2.62. The Hall–Kier alpha value is -0.420. The van der Waals surface area contributed by atoms with Crippen molar-refractivity contribution in [1.29, 1.82) is 0 Å². The number of pyridine rings is 1. The Bertz CT molecular complexity index is 552. The lowest BCUT2D eigenvalue weighted by Gasteiger charge is -2.20. The first-order valence-electron chi connectivity index (χ1n) is 4.89. The van der Waals surface area contributed by atoms with Crippen LogP contribution in [0.3, 0.4) is 0 Å². The third-order valence-corrected chi connectivity index (χ3v) is 4.79. The van der Waals surface area contributed by atoms with Gasteiger partial charge in [0.1, 0.15) is 14.1 Å². The fraction of sp³-hybridized carbons (Fsp3) is 0.444. The van der Waals surface area contributed by atoms with Gasteiger partial charge in [-0.3, -0.25) is 0 Å². The summed E-state index contributed by atoms with van der Waals surface area (Å²) in [6, 6.07) is 2.64. The van der Waals surface area contributed by atoms with Gasteiger partial charge in [0.2, 0.25) is 10.0 Å². The molecule has 0 aromatic carbocycles. The number of rotatable bonds is 3. The van der Waals surface area contributed by atoms with E-state index in [1.54, 1.807) is 4.72 Å². The number of aromatic nitrogens is 1. The molecule has 0 amide bonds. The van der Waals surface area contributed by atoms with E-state index in [9.17, 15) is 21.6 Å². The molecule has 0 radical (unpaired) electrons. The molecule has 100 valence electrons. The molecule has 0 atom stereocenters. The number of hydrogen-bond acceptors (Lipinski definition) is 3. The molecule has 0 aliphatic heterocycles. The highest BCUT2D eigenvalue weighted by atomic mass is 127. The molecule has 2 rings (SSSR count). The summed E-state index contributed by atoms with van der Waals surface area (Å²) >= 11 is 1.87. The molecule has 1 heterocycles. The molecule has 0 unspecified atom stereocenters. The van der Waals surface area contributed by atoms with Crippen LogP contribution in [-0.4, -0.2) is 25.1 Å². The maximum absolute atomic E-state index is 12.7. The van der Waals surface area contributed by atoms with Crippen LogP contribution >= 0.6 is 22.6 Å². The van der Waals surface area contributed by atoms with Gasteiger partial charge in [-0.25, -0.2) is 13.4 Å². The van der Waals surface area contributed by atoms with Crippen LogP contribution in [0.4, 0.5) is 13.2 Å². The summed E-state index contributed by atoms with van der Waals surface area (Å²) in [7, 11) is -4.19. The van der Waals surface area contributed by atoms with E-state index in [4.69, 9.17) is 0 Å². The lowest BCUT2D eigenvalue weighted by molar-refractivity contribution is -0.160. The molecule has 1 fully saturated rings. The predicted octanol–water partition coefficient (Wildman–Crippen LogP) is 2.06. The molecule has 1 aromatic rings. The van der Waals surface area contributed by atoms with Crippen molar-refractivity contribution < 1.29 is 21.6 Å². The summed E-state index contributed by atoms with van der Waals surface area (Å²) in [6.07, 6.45) is -3.99. The summed E-state index contributed by atoms with van der Waals surface area (Å²) < 4.78 is 63.9. The molecule has 1 aliphatic rings. The number of alkyl halides is 3. The molecule has 18 heavy (non-hydrogen) atoms. The maximum Gasteiger partial charge on any atom is 0.407 e. The second kappa shape index (κ2) is 4.30. The van der Waals surface area contributed by atoms with Crippen molar-refractivity contribution in [3.8, 4) is 0 Å². The Morgan fingerprint density at radius 3 is 2.33 bits per heavy atom. The van der Waals surface area contributed by atoms with Crippen LogP contribution in [0.15, 0.2) is 23.2 Å². The van der Waals surface area contributed by atoms with Crippen molar-refractivity contribution in [3.05, 3.63) is 22.0 Å². The number of nitrogens with one attached hydrogen (secondary N) is 1. The smallest absolute Gasteiger partial charge is 0.249 e. The van der Waals surface area contributed by atoms with E-state index in [-0.39, 0.29) is 17.7 Å². The van der Waals surface area contributed by atoms with Crippen LogP contribution in [0, 0.1) is 3.70 Å². The predicted molar refractivity (Wildman–Crippen MR) is 65.3 cm³/mol. The van der Waals surface area contributed by atoms with Gasteiger partial charge in [0.15, 0.2) is 0 Å². The lowest BCUT2D eigenvalue weighted by Crippen LogP contribution is -2.47. The topological polar surface area (TPSA) is 59.1 Å². The van der Waals surface area contributed by atoms with Gasteiger partial charge in [-0.1, -0.05) is 0 Å². The number of nitrogens with zero attached hydrogens (tertiary/aromatic N) is 1. The lowest BCUT2D eigenvalue weighted by atomic mass is 10.3. The van der Waals surface area contributed by atoms with E-state index in [2.05, 4.69) is 4.98 Å². The average Bonchev–Trinajstić information content (AvgIpc) is 2.97. The highest BCUT2D eigenvalue weighted by Crippen LogP contribution is 2.49. The number of sulfonamides is 1. The first kappa shape index (κ1) is 14.0. The Balaban J connectivity index is 2.26. The molecule has 0 bridgehead atoms. The largest absolute Gasteiger partial charge is 0.407 e. The molecular formula is C9H8F3IN2O2S. The molecule has 1 aliphatic carbocycles. The van der Waals surface area contributed by atoms with E-state index < -0.39 is 21.7 Å². The monoisotopic (exact) mass is 392 g/mol. The van der Waals surface area contributed by atoms with Crippen molar-refractivity contribution >= 4 is 32.6 Å². The van der Waals surface area contributed by atoms with Crippen molar-refractivity contribution in [3.63, 3.8) is 0 Å². The summed E-state index contributed by atoms with van der Waals surface area (Å²) in [5.41, 5.74) is -2.30. The molecule has 1 aromatic heterocycles. The standard InChI is InChI=1S/C9H8F3IN2O2S/c10-9(11,12)8(3-4-8)15-18(16,17)6-1-2-7(13)14-5-6/h1-2,5,15H,3-4H2. The fourth-order valence-corrected chi connectivity index (χ4v) is 3.12. The molecule has 4 nitrogen and oxygen atoms in total. The first-order chi connectivity index (χ1) is 8.16. The van der Waals surface area contributed by atoms with Crippen LogP contribution in [-0.2, 0) is 10.0 Å². The van der Waals surface area contributed by atoms with E-state index in [1.165, 1.54) is 12.1 Å². The second-order valence-corrected chi connectivity index (χ2v) is 6.79. The van der Waals surface area contributed by atoms with Crippen molar-refractivity contribution in [2.75, 3.05) is 0 Å². The van der Waals surface area contributed by atoms with Crippen molar-refractivity contribution in [2.24, 2.45) is 0 Å². The Morgan fingerprint density at radius 2 is 1.94 bits per heavy atom. The molecule has 0 spiro atoms. The van der Waals surface area contributed by atoms with Crippen LogP contribution < -0.4 is 4.72 Å². The highest BCUT2D eigenvalue weighted by Gasteiger charge is 2.65. The minimum atomic E-state index is -4.57. The Labute approximate surface area is 115 Å². The van der Waals surface area contributed by atoms with Gasteiger partial charge in [-0.15, -0.1) is 0 Å². The Morgan fingerprint density at radius 1 is 1.33 bits per heavy atom. The van der Waals surface area contributed by atoms with Gasteiger partial charge in [-0.05, 0) is 47.6 Å². The highest BCUT2D eigenvalue weighted by molar-refractivity contribution is 14.1.